The topological polar surface area (TPSA) is 50.7 Å². The summed E-state index contributed by atoms with van der Waals surface area (Å²) < 4.78 is 12.1. The molecule has 0 spiro atoms. The Morgan fingerprint density at radius 3 is 2.86 bits per heavy atom. The van der Waals surface area contributed by atoms with Gasteiger partial charge in [0.25, 0.3) is 0 Å². The van der Waals surface area contributed by atoms with Crippen molar-refractivity contribution < 1.29 is 14.6 Å². The van der Waals surface area contributed by atoms with Gasteiger partial charge >= 0.3 is 0 Å². The predicted octanol–water partition coefficient (Wildman–Crippen LogP) is 2.66. The van der Waals surface area contributed by atoms with Gasteiger partial charge in [0.1, 0.15) is 0 Å². The van der Waals surface area contributed by atoms with E-state index in [1.54, 1.807) is 0 Å². The Labute approximate surface area is 135 Å². The Morgan fingerprint density at radius 2 is 2.19 bits per heavy atom. The summed E-state index contributed by atoms with van der Waals surface area (Å²) in [4.78, 5) is 0. The Morgan fingerprint density at radius 1 is 1.43 bits per heavy atom. The molecule has 21 heavy (non-hydrogen) atoms. The number of hydrogen-bond acceptors (Lipinski definition) is 4. The van der Waals surface area contributed by atoms with E-state index in [9.17, 15) is 5.11 Å². The number of hydrogen-bond donors (Lipinski definition) is 2. The zero-order chi connectivity index (χ0) is 15.1. The summed E-state index contributed by atoms with van der Waals surface area (Å²) in [7, 11) is 0. The van der Waals surface area contributed by atoms with Crippen LogP contribution >= 0.6 is 15.9 Å². The highest BCUT2D eigenvalue weighted by Gasteiger charge is 2.16. The van der Waals surface area contributed by atoms with Gasteiger partial charge in [-0.1, -0.05) is 28.1 Å². The van der Waals surface area contributed by atoms with Crippen LogP contribution in [0.2, 0.25) is 0 Å². The van der Waals surface area contributed by atoms with Gasteiger partial charge < -0.3 is 19.9 Å². The molecule has 4 nitrogen and oxygen atoms in total. The van der Waals surface area contributed by atoms with Crippen molar-refractivity contribution in [1.29, 1.82) is 0 Å². The number of halogens is 1. The van der Waals surface area contributed by atoms with Gasteiger partial charge in [0.2, 0.25) is 0 Å². The summed E-state index contributed by atoms with van der Waals surface area (Å²) in [5.41, 5.74) is 1.20. The summed E-state index contributed by atoms with van der Waals surface area (Å²) in [6.07, 6.45) is 1.90. The summed E-state index contributed by atoms with van der Waals surface area (Å²) in [5.74, 6) is 0. The fourth-order valence-electron chi connectivity index (χ4n) is 2.35. The Balaban J connectivity index is 1.61. The molecule has 0 bridgehead atoms. The maximum Gasteiger partial charge on any atom is 0.0897 e. The third-order valence-electron chi connectivity index (χ3n) is 3.67. The quantitative estimate of drug-likeness (QED) is 0.750. The average molecular weight is 358 g/mol. The van der Waals surface area contributed by atoms with Gasteiger partial charge in [-0.25, -0.2) is 0 Å². The molecule has 1 saturated heterocycles. The molecule has 1 heterocycles. The molecular formula is C16H24BrNO3. The lowest BCUT2D eigenvalue weighted by Gasteiger charge is -2.18. The van der Waals surface area contributed by atoms with Crippen molar-refractivity contribution in [2.75, 3.05) is 26.4 Å². The van der Waals surface area contributed by atoms with Crippen LogP contribution in [0.1, 0.15) is 31.4 Å². The lowest BCUT2D eigenvalue weighted by atomic mass is 10.1. The van der Waals surface area contributed by atoms with Crippen LogP contribution in [0.5, 0.6) is 0 Å². The first-order valence-electron chi connectivity index (χ1n) is 7.51. The van der Waals surface area contributed by atoms with E-state index in [0.717, 1.165) is 23.9 Å². The molecule has 0 amide bonds. The maximum atomic E-state index is 9.93. The zero-order valence-corrected chi connectivity index (χ0v) is 14.0. The molecule has 0 saturated carbocycles. The van der Waals surface area contributed by atoms with Gasteiger partial charge in [0.15, 0.2) is 0 Å². The summed E-state index contributed by atoms with van der Waals surface area (Å²) in [6, 6.07) is 8.39. The Kier molecular flexibility index (Phi) is 7.13. The molecule has 1 aromatic rings. The fraction of sp³-hybridized carbons (Fsp3) is 0.625. The molecule has 1 aromatic carbocycles. The molecule has 2 unspecified atom stereocenters. The number of nitrogens with one attached hydrogen (secondary N) is 1. The predicted molar refractivity (Wildman–Crippen MR) is 86.4 cm³/mol. The molecule has 118 valence electrons. The van der Waals surface area contributed by atoms with Crippen molar-refractivity contribution in [1.82, 2.24) is 5.32 Å². The van der Waals surface area contributed by atoms with E-state index in [-0.39, 0.29) is 12.1 Å². The minimum atomic E-state index is -0.496. The van der Waals surface area contributed by atoms with Crippen LogP contribution in [-0.2, 0) is 9.47 Å². The highest BCUT2D eigenvalue weighted by atomic mass is 79.9. The van der Waals surface area contributed by atoms with Gasteiger partial charge in [-0.15, -0.1) is 0 Å². The molecule has 0 aromatic heterocycles. The second kappa shape index (κ2) is 8.86. The van der Waals surface area contributed by atoms with Crippen molar-refractivity contribution in [3.05, 3.63) is 34.3 Å². The highest BCUT2D eigenvalue weighted by Crippen LogP contribution is 2.16. The first-order chi connectivity index (χ1) is 10.1. The molecule has 2 rings (SSSR count). The van der Waals surface area contributed by atoms with E-state index in [0.29, 0.717) is 19.8 Å². The molecular weight excluding hydrogens is 334 g/mol. The second-order valence-corrected chi connectivity index (χ2v) is 6.42. The number of ether oxygens (including phenoxy) is 2. The molecule has 2 N–H and O–H groups in total. The molecule has 1 aliphatic rings. The van der Waals surface area contributed by atoms with E-state index in [4.69, 9.17) is 9.47 Å². The van der Waals surface area contributed by atoms with Crippen LogP contribution in [0.4, 0.5) is 0 Å². The molecule has 1 aliphatic heterocycles. The summed E-state index contributed by atoms with van der Waals surface area (Å²) >= 11 is 3.43. The normalized spacial score (nSPS) is 21.4. The van der Waals surface area contributed by atoms with Crippen molar-refractivity contribution in [2.24, 2.45) is 0 Å². The van der Waals surface area contributed by atoms with E-state index < -0.39 is 6.10 Å². The van der Waals surface area contributed by atoms with Crippen LogP contribution in [0, 0.1) is 0 Å². The average Bonchev–Trinajstić information content (AvgIpc) is 2.99. The van der Waals surface area contributed by atoms with Crippen molar-refractivity contribution in [2.45, 2.75) is 38.0 Å². The number of rotatable bonds is 8. The van der Waals surface area contributed by atoms with Gasteiger partial charge in [0, 0.05) is 23.7 Å². The molecule has 3 atom stereocenters. The lowest BCUT2D eigenvalue weighted by molar-refractivity contribution is -0.0168. The number of aliphatic hydroxyl groups excluding tert-OH is 1. The molecule has 5 heteroatoms. The van der Waals surface area contributed by atoms with Crippen LogP contribution in [-0.4, -0.2) is 43.7 Å². The monoisotopic (exact) mass is 357 g/mol. The SMILES string of the molecule is C[C@@H](NCC(O)COCC1CCCO1)c1ccc(Br)cc1. The maximum absolute atomic E-state index is 9.93. The Bertz CT molecular complexity index is 406. The molecule has 1 fully saturated rings. The lowest BCUT2D eigenvalue weighted by Crippen LogP contribution is -2.33. The third kappa shape index (κ3) is 6.04. The number of benzene rings is 1. The smallest absolute Gasteiger partial charge is 0.0897 e. The largest absolute Gasteiger partial charge is 0.389 e. The minimum Gasteiger partial charge on any atom is -0.389 e. The standard InChI is InChI=1S/C16H24BrNO3/c1-12(13-4-6-14(17)7-5-13)18-9-15(19)10-20-11-16-3-2-8-21-16/h4-7,12,15-16,18-19H,2-3,8-11H2,1H3/t12-,15?,16?/m1/s1. The van der Waals surface area contributed by atoms with Crippen LogP contribution < -0.4 is 5.32 Å². The van der Waals surface area contributed by atoms with Crippen molar-refractivity contribution in [3.8, 4) is 0 Å². The van der Waals surface area contributed by atoms with Crippen LogP contribution in [0.25, 0.3) is 0 Å². The van der Waals surface area contributed by atoms with E-state index in [1.165, 1.54) is 5.56 Å². The van der Waals surface area contributed by atoms with E-state index >= 15 is 0 Å². The first kappa shape index (κ1) is 16.9. The minimum absolute atomic E-state index is 0.200. The van der Waals surface area contributed by atoms with Gasteiger partial charge in [-0.05, 0) is 37.5 Å². The third-order valence-corrected chi connectivity index (χ3v) is 4.20. The van der Waals surface area contributed by atoms with Crippen molar-refractivity contribution >= 4 is 15.9 Å². The Hall–Kier alpha value is -0.460. The first-order valence-corrected chi connectivity index (χ1v) is 8.30. The van der Waals surface area contributed by atoms with Crippen LogP contribution in [0.15, 0.2) is 28.7 Å². The summed E-state index contributed by atoms with van der Waals surface area (Å²) in [6.45, 7) is 4.37. The molecule has 0 radical (unpaired) electrons. The van der Waals surface area contributed by atoms with Gasteiger partial charge in [0.05, 0.1) is 25.4 Å². The van der Waals surface area contributed by atoms with Gasteiger partial charge in [-0.2, -0.15) is 0 Å². The van der Waals surface area contributed by atoms with Crippen LogP contribution in [0.3, 0.4) is 0 Å². The number of aliphatic hydroxyl groups is 1. The fourth-order valence-corrected chi connectivity index (χ4v) is 2.62. The molecule has 0 aliphatic carbocycles. The zero-order valence-electron chi connectivity index (χ0n) is 12.4. The highest BCUT2D eigenvalue weighted by molar-refractivity contribution is 9.10. The van der Waals surface area contributed by atoms with E-state index in [1.807, 2.05) is 12.1 Å². The second-order valence-electron chi connectivity index (χ2n) is 5.51. The van der Waals surface area contributed by atoms with Crippen molar-refractivity contribution in [3.63, 3.8) is 0 Å². The van der Waals surface area contributed by atoms with Gasteiger partial charge in [-0.3, -0.25) is 0 Å². The summed E-state index contributed by atoms with van der Waals surface area (Å²) in [5, 5.41) is 13.2. The van der Waals surface area contributed by atoms with E-state index in [2.05, 4.69) is 40.3 Å².